The Morgan fingerprint density at radius 3 is 1.41 bits per heavy atom. The van der Waals surface area contributed by atoms with E-state index in [9.17, 15) is 10.2 Å². The maximum absolute atomic E-state index is 10.4. The van der Waals surface area contributed by atoms with Crippen LogP contribution < -0.4 is 14.2 Å². The predicted molar refractivity (Wildman–Crippen MR) is 110 cm³/mol. The first kappa shape index (κ1) is 23.3. The van der Waals surface area contributed by atoms with Crippen LogP contribution in [0.3, 0.4) is 0 Å². The van der Waals surface area contributed by atoms with E-state index in [1.165, 1.54) is 0 Å². The van der Waals surface area contributed by atoms with Crippen molar-refractivity contribution < 1.29 is 24.4 Å². The average Bonchev–Trinajstić information content (AvgIpc) is 2.67. The smallest absolute Gasteiger partial charge is 0.211 e. The van der Waals surface area contributed by atoms with Gasteiger partial charge in [-0.1, -0.05) is 59.3 Å². The summed E-state index contributed by atoms with van der Waals surface area (Å²) in [5.41, 5.74) is 0.482. The second-order valence-corrected chi connectivity index (χ2v) is 6.98. The van der Waals surface area contributed by atoms with Crippen LogP contribution in [0.5, 0.6) is 28.7 Å². The molecule has 0 atom stereocenters. The Kier molecular flexibility index (Phi) is 11.5. The Morgan fingerprint density at radius 1 is 0.556 bits per heavy atom. The quantitative estimate of drug-likeness (QED) is 0.283. The Morgan fingerprint density at radius 2 is 0.963 bits per heavy atom. The highest BCUT2D eigenvalue weighted by atomic mass is 16.5. The van der Waals surface area contributed by atoms with Crippen molar-refractivity contribution in [1.29, 1.82) is 0 Å². The highest BCUT2D eigenvalue weighted by Gasteiger charge is 2.25. The van der Waals surface area contributed by atoms with Crippen LogP contribution >= 0.6 is 0 Å². The maximum atomic E-state index is 10.4. The van der Waals surface area contributed by atoms with Gasteiger partial charge >= 0.3 is 0 Å². The van der Waals surface area contributed by atoms with Crippen LogP contribution in [0, 0.1) is 6.92 Å². The summed E-state index contributed by atoms with van der Waals surface area (Å²) in [6, 6.07) is 0. The van der Waals surface area contributed by atoms with E-state index in [2.05, 4.69) is 20.8 Å². The van der Waals surface area contributed by atoms with Gasteiger partial charge in [-0.2, -0.15) is 0 Å². The molecule has 1 aromatic carbocycles. The molecule has 0 spiro atoms. The van der Waals surface area contributed by atoms with E-state index in [0.717, 1.165) is 57.8 Å². The molecule has 0 fully saturated rings. The molecular weight excluding hydrogens is 344 g/mol. The van der Waals surface area contributed by atoms with Gasteiger partial charge in [-0.15, -0.1) is 0 Å². The zero-order chi connectivity index (χ0) is 20.1. The lowest BCUT2D eigenvalue weighted by Gasteiger charge is -2.21. The Balaban J connectivity index is 3.08. The molecule has 0 radical (unpaired) electrons. The van der Waals surface area contributed by atoms with Crippen molar-refractivity contribution in [2.75, 3.05) is 19.8 Å². The monoisotopic (exact) mass is 382 g/mol. The summed E-state index contributed by atoms with van der Waals surface area (Å²) in [5, 5.41) is 20.8. The van der Waals surface area contributed by atoms with Gasteiger partial charge in [0.15, 0.2) is 11.5 Å². The molecule has 0 saturated carbocycles. The SMILES string of the molecule is CCCCCOc1c(C)c(O)c(O)c(OCCCCC)c1OCCCCC. The largest absolute Gasteiger partial charge is 0.504 e. The van der Waals surface area contributed by atoms with E-state index in [-0.39, 0.29) is 17.2 Å². The molecular formula is C22H38O5. The van der Waals surface area contributed by atoms with E-state index in [4.69, 9.17) is 14.2 Å². The fourth-order valence-corrected chi connectivity index (χ4v) is 2.79. The summed E-state index contributed by atoms with van der Waals surface area (Å²) in [7, 11) is 0. The molecule has 0 aliphatic rings. The summed E-state index contributed by atoms with van der Waals surface area (Å²) in [4.78, 5) is 0. The average molecular weight is 383 g/mol. The van der Waals surface area contributed by atoms with Crippen molar-refractivity contribution in [2.45, 2.75) is 85.5 Å². The first-order chi connectivity index (χ1) is 13.1. The van der Waals surface area contributed by atoms with Crippen LogP contribution in [0.25, 0.3) is 0 Å². The van der Waals surface area contributed by atoms with Gasteiger partial charge < -0.3 is 24.4 Å². The van der Waals surface area contributed by atoms with E-state index >= 15 is 0 Å². The number of benzene rings is 1. The molecule has 0 bridgehead atoms. The summed E-state index contributed by atoms with van der Waals surface area (Å²) in [6.07, 6.45) is 9.22. The van der Waals surface area contributed by atoms with Crippen LogP contribution in [-0.4, -0.2) is 30.0 Å². The first-order valence-electron chi connectivity index (χ1n) is 10.5. The van der Waals surface area contributed by atoms with Gasteiger partial charge in [-0.05, 0) is 26.2 Å². The fraction of sp³-hybridized carbons (Fsp3) is 0.727. The Bertz CT molecular complexity index is 503. The second kappa shape index (κ2) is 13.4. The molecule has 1 aromatic rings. The minimum atomic E-state index is -0.268. The van der Waals surface area contributed by atoms with E-state index < -0.39 is 0 Å². The van der Waals surface area contributed by atoms with Gasteiger partial charge in [0.05, 0.1) is 19.8 Å². The van der Waals surface area contributed by atoms with Gasteiger partial charge in [0.2, 0.25) is 17.2 Å². The van der Waals surface area contributed by atoms with E-state index in [0.29, 0.717) is 36.9 Å². The third kappa shape index (κ3) is 7.39. The molecule has 156 valence electrons. The minimum Gasteiger partial charge on any atom is -0.504 e. The summed E-state index contributed by atoms with van der Waals surface area (Å²) < 4.78 is 17.8. The molecule has 5 nitrogen and oxygen atoms in total. The fourth-order valence-electron chi connectivity index (χ4n) is 2.79. The summed E-state index contributed by atoms with van der Waals surface area (Å²) >= 11 is 0. The standard InChI is InChI=1S/C22H38O5/c1-5-8-11-14-25-20-17(4)18(23)19(24)21(26-15-12-9-6-2)22(20)27-16-13-10-7-3/h23-24H,5-16H2,1-4H3. The molecule has 27 heavy (non-hydrogen) atoms. The van der Waals surface area contributed by atoms with E-state index in [1.807, 2.05) is 0 Å². The molecule has 0 unspecified atom stereocenters. The molecule has 1 rings (SSSR count). The lowest BCUT2D eigenvalue weighted by atomic mass is 10.1. The number of ether oxygens (including phenoxy) is 3. The number of phenols is 2. The molecule has 0 amide bonds. The van der Waals surface area contributed by atoms with Crippen LogP contribution in [-0.2, 0) is 0 Å². The van der Waals surface area contributed by atoms with Crippen LogP contribution in [0.1, 0.15) is 84.1 Å². The molecule has 0 heterocycles. The van der Waals surface area contributed by atoms with Crippen molar-refractivity contribution in [2.24, 2.45) is 0 Å². The number of aromatic hydroxyl groups is 2. The minimum absolute atomic E-state index is 0.191. The third-order valence-corrected chi connectivity index (χ3v) is 4.53. The van der Waals surface area contributed by atoms with Crippen molar-refractivity contribution in [3.05, 3.63) is 5.56 Å². The molecule has 5 heteroatoms. The predicted octanol–water partition coefficient (Wildman–Crippen LogP) is 6.11. The molecule has 0 saturated heterocycles. The molecule has 0 aromatic heterocycles. The zero-order valence-electron chi connectivity index (χ0n) is 17.6. The van der Waals surface area contributed by atoms with Gasteiger partial charge in [-0.25, -0.2) is 0 Å². The van der Waals surface area contributed by atoms with Gasteiger partial charge in [0.1, 0.15) is 0 Å². The van der Waals surface area contributed by atoms with Gasteiger partial charge in [-0.3, -0.25) is 0 Å². The molecule has 0 aliphatic carbocycles. The van der Waals surface area contributed by atoms with Crippen LogP contribution in [0.4, 0.5) is 0 Å². The van der Waals surface area contributed by atoms with Crippen molar-refractivity contribution in [3.8, 4) is 28.7 Å². The van der Waals surface area contributed by atoms with Gasteiger partial charge in [0, 0.05) is 5.56 Å². The summed E-state index contributed by atoms with van der Waals surface area (Å²) in [5.74, 6) is 0.605. The van der Waals surface area contributed by atoms with Crippen LogP contribution in [0.15, 0.2) is 0 Å². The zero-order valence-corrected chi connectivity index (χ0v) is 17.6. The Labute approximate surface area is 164 Å². The number of hydrogen-bond acceptors (Lipinski definition) is 5. The summed E-state index contributed by atoms with van der Waals surface area (Å²) in [6.45, 7) is 9.66. The lowest BCUT2D eigenvalue weighted by molar-refractivity contribution is 0.224. The van der Waals surface area contributed by atoms with Crippen molar-refractivity contribution in [1.82, 2.24) is 0 Å². The van der Waals surface area contributed by atoms with Crippen molar-refractivity contribution in [3.63, 3.8) is 0 Å². The molecule has 0 aliphatic heterocycles. The van der Waals surface area contributed by atoms with Gasteiger partial charge in [0.25, 0.3) is 0 Å². The number of hydrogen-bond donors (Lipinski definition) is 2. The van der Waals surface area contributed by atoms with E-state index in [1.54, 1.807) is 6.92 Å². The van der Waals surface area contributed by atoms with Crippen molar-refractivity contribution >= 4 is 0 Å². The first-order valence-corrected chi connectivity index (χ1v) is 10.5. The third-order valence-electron chi connectivity index (χ3n) is 4.53. The number of unbranched alkanes of at least 4 members (excludes halogenated alkanes) is 6. The number of phenolic OH excluding ortho intramolecular Hbond substituents is 2. The highest BCUT2D eigenvalue weighted by Crippen LogP contribution is 2.52. The molecule has 2 N–H and O–H groups in total. The maximum Gasteiger partial charge on any atom is 0.211 e. The normalized spacial score (nSPS) is 10.8. The van der Waals surface area contributed by atoms with Crippen LogP contribution in [0.2, 0.25) is 0 Å². The lowest BCUT2D eigenvalue weighted by Crippen LogP contribution is -2.07. The topological polar surface area (TPSA) is 68.2 Å². The highest BCUT2D eigenvalue weighted by molar-refractivity contribution is 5.68. The Hall–Kier alpha value is -1.78. The number of rotatable bonds is 15. The second-order valence-electron chi connectivity index (χ2n) is 6.98.